The minimum Gasteiger partial charge on any atom is -0.485 e. The average Bonchev–Trinajstić information content (AvgIpc) is 3.29. The van der Waals surface area contributed by atoms with Crippen molar-refractivity contribution in [3.63, 3.8) is 0 Å². The second-order valence-electron chi connectivity index (χ2n) is 6.42. The maximum Gasteiger partial charge on any atom is 0.258 e. The maximum absolute atomic E-state index is 12.5. The molecule has 0 atom stereocenters. The van der Waals surface area contributed by atoms with Crippen LogP contribution in [-0.4, -0.2) is 23.9 Å². The number of hydrogen-bond acceptors (Lipinski definition) is 6. The van der Waals surface area contributed by atoms with Crippen molar-refractivity contribution in [2.75, 3.05) is 0 Å². The van der Waals surface area contributed by atoms with Gasteiger partial charge in [0, 0.05) is 18.2 Å². The summed E-state index contributed by atoms with van der Waals surface area (Å²) in [4.78, 5) is 24.5. The minimum absolute atomic E-state index is 0.163. The molecule has 3 heterocycles. The number of H-pyrrole nitrogens is 1. The lowest BCUT2D eigenvalue weighted by Crippen LogP contribution is -2.16. The molecule has 0 unspecified atom stereocenters. The van der Waals surface area contributed by atoms with E-state index in [0.717, 1.165) is 34.1 Å². The van der Waals surface area contributed by atoms with Crippen LogP contribution in [0.1, 0.15) is 30.4 Å². The van der Waals surface area contributed by atoms with Crippen molar-refractivity contribution >= 4 is 34.2 Å². The van der Waals surface area contributed by atoms with Gasteiger partial charge in [0.15, 0.2) is 5.82 Å². The van der Waals surface area contributed by atoms with Crippen LogP contribution in [-0.2, 0) is 6.61 Å². The zero-order valence-electron chi connectivity index (χ0n) is 14.1. The normalized spacial score (nSPS) is 14.0. The number of imidazole rings is 1. The number of hydrogen-bond donors (Lipinski definition) is 1. The molecule has 9 heteroatoms. The Balaban J connectivity index is 1.39. The smallest absolute Gasteiger partial charge is 0.258 e. The van der Waals surface area contributed by atoms with Gasteiger partial charge in [0.2, 0.25) is 4.47 Å². The van der Waals surface area contributed by atoms with Gasteiger partial charge in [-0.3, -0.25) is 9.36 Å². The van der Waals surface area contributed by atoms with Crippen LogP contribution in [0.25, 0.3) is 16.7 Å². The topological polar surface area (TPSA) is 85.7 Å². The number of ether oxygens (including phenoxy) is 1. The van der Waals surface area contributed by atoms with Crippen LogP contribution in [0, 0.1) is 0 Å². The SMILES string of the molecule is O=c1cc(OCc2nsc(Cl)n2)ccn1-c1ccc2nc(C3CC3)[nH]c2c1. The van der Waals surface area contributed by atoms with Gasteiger partial charge in [-0.15, -0.1) is 0 Å². The Labute approximate surface area is 162 Å². The lowest BCUT2D eigenvalue weighted by atomic mass is 10.2. The zero-order valence-corrected chi connectivity index (χ0v) is 15.6. The molecule has 1 aromatic carbocycles. The molecule has 1 saturated carbocycles. The number of nitrogens with zero attached hydrogens (tertiary/aromatic N) is 4. The molecular formula is C18H14ClN5O2S. The molecule has 5 rings (SSSR count). The number of benzene rings is 1. The Hall–Kier alpha value is -2.71. The number of nitrogens with one attached hydrogen (secondary N) is 1. The molecule has 4 aromatic rings. The summed E-state index contributed by atoms with van der Waals surface area (Å²) in [5, 5.41) is 0. The van der Waals surface area contributed by atoms with Gasteiger partial charge in [-0.25, -0.2) is 9.97 Å². The van der Waals surface area contributed by atoms with Crippen molar-refractivity contribution in [2.45, 2.75) is 25.4 Å². The molecule has 0 radical (unpaired) electrons. The Morgan fingerprint density at radius 1 is 1.26 bits per heavy atom. The molecule has 3 aromatic heterocycles. The molecule has 0 aliphatic heterocycles. The Morgan fingerprint density at radius 2 is 2.15 bits per heavy atom. The predicted molar refractivity (Wildman–Crippen MR) is 103 cm³/mol. The first-order valence-electron chi connectivity index (χ1n) is 8.49. The quantitative estimate of drug-likeness (QED) is 0.553. The average molecular weight is 400 g/mol. The summed E-state index contributed by atoms with van der Waals surface area (Å²) in [6.45, 7) is 0.163. The van der Waals surface area contributed by atoms with E-state index in [4.69, 9.17) is 16.3 Å². The fourth-order valence-corrected chi connectivity index (χ4v) is 3.54. The molecule has 1 fully saturated rings. The fourth-order valence-electron chi connectivity index (χ4n) is 2.92. The number of aromatic amines is 1. The van der Waals surface area contributed by atoms with E-state index in [9.17, 15) is 4.79 Å². The number of pyridine rings is 1. The van der Waals surface area contributed by atoms with Crippen LogP contribution < -0.4 is 10.3 Å². The van der Waals surface area contributed by atoms with Gasteiger partial charge in [0.05, 0.1) is 16.7 Å². The first-order chi connectivity index (χ1) is 13.2. The van der Waals surface area contributed by atoms with Crippen LogP contribution in [0.15, 0.2) is 41.3 Å². The molecule has 1 N–H and O–H groups in total. The third-order valence-corrected chi connectivity index (χ3v) is 5.26. The van der Waals surface area contributed by atoms with Gasteiger partial charge >= 0.3 is 0 Å². The summed E-state index contributed by atoms with van der Waals surface area (Å²) in [6.07, 6.45) is 4.07. The van der Waals surface area contributed by atoms with Gasteiger partial charge in [0.25, 0.3) is 5.56 Å². The molecule has 136 valence electrons. The summed E-state index contributed by atoms with van der Waals surface area (Å²) in [5.74, 6) is 2.54. The number of halogens is 1. The van der Waals surface area contributed by atoms with Crippen LogP contribution >= 0.6 is 23.1 Å². The molecule has 1 aliphatic rings. The molecular weight excluding hydrogens is 386 g/mol. The standard InChI is InChI=1S/C18H14ClN5O2S/c19-18-22-15(23-27-18)9-26-12-5-6-24(16(25)8-12)11-3-4-13-14(7-11)21-17(20-13)10-1-2-10/h3-8,10H,1-2,9H2,(H,20,21). The molecule has 7 nitrogen and oxygen atoms in total. The van der Waals surface area contributed by atoms with E-state index < -0.39 is 0 Å². The van der Waals surface area contributed by atoms with Crippen molar-refractivity contribution < 1.29 is 4.74 Å². The number of rotatable bonds is 5. The van der Waals surface area contributed by atoms with E-state index in [0.29, 0.717) is 22.0 Å². The molecule has 0 saturated heterocycles. The first kappa shape index (κ1) is 16.5. The summed E-state index contributed by atoms with van der Waals surface area (Å²) < 4.78 is 11.6. The molecule has 0 amide bonds. The van der Waals surface area contributed by atoms with Gasteiger partial charge in [-0.2, -0.15) is 4.37 Å². The third-order valence-electron chi connectivity index (χ3n) is 4.43. The van der Waals surface area contributed by atoms with Crippen molar-refractivity contribution in [3.05, 3.63) is 63.0 Å². The number of fused-ring (bicyclic) bond motifs is 1. The van der Waals surface area contributed by atoms with Gasteiger partial charge in [0.1, 0.15) is 18.2 Å². The molecule has 1 aliphatic carbocycles. The maximum atomic E-state index is 12.5. The summed E-state index contributed by atoms with van der Waals surface area (Å²) >= 11 is 6.85. The fraction of sp³-hybridized carbons (Fsp3) is 0.222. The van der Waals surface area contributed by atoms with Crippen LogP contribution in [0.3, 0.4) is 0 Å². The Bertz CT molecular complexity index is 1190. The monoisotopic (exact) mass is 399 g/mol. The van der Waals surface area contributed by atoms with E-state index in [1.54, 1.807) is 16.8 Å². The molecule has 27 heavy (non-hydrogen) atoms. The van der Waals surface area contributed by atoms with Crippen molar-refractivity contribution in [1.82, 2.24) is 23.9 Å². The highest BCUT2D eigenvalue weighted by Gasteiger charge is 2.26. The molecule has 0 bridgehead atoms. The summed E-state index contributed by atoms with van der Waals surface area (Å²) in [6, 6.07) is 8.95. The summed E-state index contributed by atoms with van der Waals surface area (Å²) in [5.41, 5.74) is 2.45. The van der Waals surface area contributed by atoms with Crippen molar-refractivity contribution in [3.8, 4) is 11.4 Å². The van der Waals surface area contributed by atoms with Gasteiger partial charge in [-0.1, -0.05) is 0 Å². The van der Waals surface area contributed by atoms with Crippen LogP contribution in [0.2, 0.25) is 4.47 Å². The van der Waals surface area contributed by atoms with Crippen molar-refractivity contribution in [2.24, 2.45) is 0 Å². The van der Waals surface area contributed by atoms with Crippen LogP contribution in [0.5, 0.6) is 5.75 Å². The van der Waals surface area contributed by atoms with Gasteiger partial charge < -0.3 is 9.72 Å². The predicted octanol–water partition coefficient (Wildman–Crippen LogP) is 3.68. The van der Waals surface area contributed by atoms with Crippen molar-refractivity contribution in [1.29, 1.82) is 0 Å². The lowest BCUT2D eigenvalue weighted by Gasteiger charge is -2.08. The second kappa shape index (κ2) is 6.47. The largest absolute Gasteiger partial charge is 0.485 e. The highest BCUT2D eigenvalue weighted by Crippen LogP contribution is 2.39. The summed E-state index contributed by atoms with van der Waals surface area (Å²) in [7, 11) is 0. The van der Waals surface area contributed by atoms with E-state index in [1.165, 1.54) is 18.9 Å². The Morgan fingerprint density at radius 3 is 2.89 bits per heavy atom. The highest BCUT2D eigenvalue weighted by atomic mass is 35.5. The lowest BCUT2D eigenvalue weighted by molar-refractivity contribution is 0.296. The molecule has 0 spiro atoms. The van der Waals surface area contributed by atoms with Gasteiger partial charge in [-0.05, 0) is 60.2 Å². The first-order valence-corrected chi connectivity index (χ1v) is 9.64. The Kier molecular flexibility index (Phi) is 3.95. The van der Waals surface area contributed by atoms with E-state index in [2.05, 4.69) is 19.3 Å². The van der Waals surface area contributed by atoms with E-state index >= 15 is 0 Å². The minimum atomic E-state index is -0.182. The zero-order chi connectivity index (χ0) is 18.4. The van der Waals surface area contributed by atoms with E-state index in [-0.39, 0.29) is 12.2 Å². The third kappa shape index (κ3) is 3.33. The highest BCUT2D eigenvalue weighted by molar-refractivity contribution is 7.10. The second-order valence-corrected chi connectivity index (χ2v) is 7.75. The van der Waals surface area contributed by atoms with Crippen LogP contribution in [0.4, 0.5) is 0 Å². The van der Waals surface area contributed by atoms with E-state index in [1.807, 2.05) is 18.2 Å². The number of aromatic nitrogens is 5.